The zero-order valence-corrected chi connectivity index (χ0v) is 10.7. The first-order valence-electron chi connectivity index (χ1n) is 6.19. The fraction of sp³-hybridized carbons (Fsp3) is 0. The number of nitrogens with zero attached hydrogens (tertiary/aromatic N) is 3. The van der Waals surface area contributed by atoms with Gasteiger partial charge in [-0.3, -0.25) is 4.98 Å². The van der Waals surface area contributed by atoms with Crippen LogP contribution in [0.25, 0.3) is 11.4 Å². The Morgan fingerprint density at radius 1 is 0.800 bits per heavy atom. The van der Waals surface area contributed by atoms with E-state index >= 15 is 0 Å². The summed E-state index contributed by atoms with van der Waals surface area (Å²) in [6, 6.07) is 16.9. The average Bonchev–Trinajstić information content (AvgIpc) is 2.51. The van der Waals surface area contributed by atoms with Crippen molar-refractivity contribution in [2.45, 2.75) is 0 Å². The summed E-state index contributed by atoms with van der Waals surface area (Å²) in [5.74, 6) is 0.675. The number of rotatable bonds is 3. The van der Waals surface area contributed by atoms with Crippen LogP contribution in [-0.4, -0.2) is 15.2 Å². The highest BCUT2D eigenvalue weighted by molar-refractivity contribution is 5.60. The SMILES string of the molecule is Nc1ccc(Nc2ccc(-c3ccccn3)nn2)cc1. The Morgan fingerprint density at radius 2 is 1.65 bits per heavy atom. The van der Waals surface area contributed by atoms with E-state index in [1.165, 1.54) is 0 Å². The largest absolute Gasteiger partial charge is 0.399 e. The number of benzene rings is 1. The van der Waals surface area contributed by atoms with Crippen molar-refractivity contribution in [3.8, 4) is 11.4 Å². The van der Waals surface area contributed by atoms with E-state index in [0.29, 0.717) is 5.82 Å². The van der Waals surface area contributed by atoms with Gasteiger partial charge in [0.25, 0.3) is 0 Å². The van der Waals surface area contributed by atoms with E-state index in [2.05, 4.69) is 20.5 Å². The van der Waals surface area contributed by atoms with Crippen molar-refractivity contribution in [1.82, 2.24) is 15.2 Å². The summed E-state index contributed by atoms with van der Waals surface area (Å²) in [7, 11) is 0. The molecule has 2 aromatic heterocycles. The molecule has 0 spiro atoms. The van der Waals surface area contributed by atoms with Gasteiger partial charge in [-0.1, -0.05) is 6.07 Å². The van der Waals surface area contributed by atoms with Gasteiger partial charge in [0, 0.05) is 17.6 Å². The third kappa shape index (κ3) is 2.72. The van der Waals surface area contributed by atoms with Crippen molar-refractivity contribution in [2.24, 2.45) is 0 Å². The molecule has 0 amide bonds. The van der Waals surface area contributed by atoms with Crippen LogP contribution in [0.3, 0.4) is 0 Å². The summed E-state index contributed by atoms with van der Waals surface area (Å²) in [5.41, 5.74) is 8.83. The predicted molar refractivity (Wildman–Crippen MR) is 79.4 cm³/mol. The monoisotopic (exact) mass is 263 g/mol. The highest BCUT2D eigenvalue weighted by Crippen LogP contribution is 2.18. The van der Waals surface area contributed by atoms with Crippen molar-refractivity contribution >= 4 is 17.2 Å². The Hall–Kier alpha value is -2.95. The first-order valence-corrected chi connectivity index (χ1v) is 6.19. The van der Waals surface area contributed by atoms with Crippen LogP contribution in [0.1, 0.15) is 0 Å². The highest BCUT2D eigenvalue weighted by atomic mass is 15.2. The minimum Gasteiger partial charge on any atom is -0.399 e. The molecular formula is C15H13N5. The van der Waals surface area contributed by atoms with E-state index in [4.69, 9.17) is 5.73 Å². The maximum absolute atomic E-state index is 5.64. The van der Waals surface area contributed by atoms with Gasteiger partial charge in [-0.25, -0.2) is 0 Å². The molecule has 3 N–H and O–H groups in total. The number of aromatic nitrogens is 3. The van der Waals surface area contributed by atoms with Gasteiger partial charge in [0.2, 0.25) is 0 Å². The summed E-state index contributed by atoms with van der Waals surface area (Å²) >= 11 is 0. The Balaban J connectivity index is 1.78. The van der Waals surface area contributed by atoms with E-state index in [1.54, 1.807) is 6.20 Å². The van der Waals surface area contributed by atoms with Gasteiger partial charge in [-0.05, 0) is 48.5 Å². The number of nitrogens with two attached hydrogens (primary N) is 1. The molecule has 0 aliphatic heterocycles. The molecule has 0 radical (unpaired) electrons. The summed E-state index contributed by atoms with van der Waals surface area (Å²) in [4.78, 5) is 4.24. The fourth-order valence-corrected chi connectivity index (χ4v) is 1.76. The summed E-state index contributed by atoms with van der Waals surface area (Å²) in [6.45, 7) is 0. The highest BCUT2D eigenvalue weighted by Gasteiger charge is 2.02. The Kier molecular flexibility index (Phi) is 3.24. The van der Waals surface area contributed by atoms with E-state index in [9.17, 15) is 0 Å². The number of hydrogen-bond donors (Lipinski definition) is 2. The Bertz CT molecular complexity index is 678. The third-order valence-corrected chi connectivity index (χ3v) is 2.77. The Morgan fingerprint density at radius 3 is 2.30 bits per heavy atom. The fourth-order valence-electron chi connectivity index (χ4n) is 1.76. The van der Waals surface area contributed by atoms with Crippen molar-refractivity contribution in [2.75, 3.05) is 11.1 Å². The summed E-state index contributed by atoms with van der Waals surface area (Å²) < 4.78 is 0. The molecule has 3 aromatic rings. The van der Waals surface area contributed by atoms with Crippen LogP contribution in [0.15, 0.2) is 60.8 Å². The first-order chi connectivity index (χ1) is 9.81. The number of anilines is 3. The van der Waals surface area contributed by atoms with Gasteiger partial charge in [-0.2, -0.15) is 0 Å². The van der Waals surface area contributed by atoms with Crippen LogP contribution >= 0.6 is 0 Å². The molecule has 20 heavy (non-hydrogen) atoms. The van der Waals surface area contributed by atoms with Crippen molar-refractivity contribution in [3.63, 3.8) is 0 Å². The van der Waals surface area contributed by atoms with Crippen LogP contribution in [0.5, 0.6) is 0 Å². The van der Waals surface area contributed by atoms with Gasteiger partial charge in [0.1, 0.15) is 5.69 Å². The molecule has 3 rings (SSSR count). The molecular weight excluding hydrogens is 250 g/mol. The van der Waals surface area contributed by atoms with E-state index in [0.717, 1.165) is 22.8 Å². The molecule has 0 fully saturated rings. The summed E-state index contributed by atoms with van der Waals surface area (Å²) in [6.07, 6.45) is 1.73. The van der Waals surface area contributed by atoms with Gasteiger partial charge in [0.15, 0.2) is 5.82 Å². The maximum atomic E-state index is 5.64. The van der Waals surface area contributed by atoms with E-state index in [-0.39, 0.29) is 0 Å². The topological polar surface area (TPSA) is 76.7 Å². The standard InChI is InChI=1S/C15H13N5/c16-11-4-6-12(7-5-11)18-15-9-8-14(19-20-15)13-3-1-2-10-17-13/h1-10H,16H2,(H,18,20). The lowest BCUT2D eigenvalue weighted by Gasteiger charge is -2.05. The van der Waals surface area contributed by atoms with Crippen molar-refractivity contribution in [3.05, 3.63) is 60.8 Å². The maximum Gasteiger partial charge on any atom is 0.153 e. The zero-order valence-electron chi connectivity index (χ0n) is 10.7. The molecule has 0 aliphatic rings. The van der Waals surface area contributed by atoms with E-state index in [1.807, 2.05) is 54.6 Å². The molecule has 0 saturated heterocycles. The molecule has 0 saturated carbocycles. The van der Waals surface area contributed by atoms with Gasteiger partial charge < -0.3 is 11.1 Å². The van der Waals surface area contributed by atoms with Crippen LogP contribution in [0.4, 0.5) is 17.2 Å². The second-order valence-corrected chi connectivity index (χ2v) is 4.27. The molecule has 5 nitrogen and oxygen atoms in total. The van der Waals surface area contributed by atoms with Gasteiger partial charge in [-0.15, -0.1) is 10.2 Å². The van der Waals surface area contributed by atoms with Crippen LogP contribution in [-0.2, 0) is 0 Å². The van der Waals surface area contributed by atoms with Gasteiger partial charge in [0.05, 0.1) is 5.69 Å². The van der Waals surface area contributed by atoms with Crippen LogP contribution in [0, 0.1) is 0 Å². The first kappa shape index (κ1) is 12.1. The normalized spacial score (nSPS) is 10.2. The van der Waals surface area contributed by atoms with Gasteiger partial charge >= 0.3 is 0 Å². The lowest BCUT2D eigenvalue weighted by molar-refractivity contribution is 1.03. The molecule has 0 atom stereocenters. The Labute approximate surface area is 116 Å². The third-order valence-electron chi connectivity index (χ3n) is 2.77. The number of nitrogens with one attached hydrogen (secondary N) is 1. The molecule has 98 valence electrons. The zero-order chi connectivity index (χ0) is 13.8. The molecule has 0 unspecified atom stereocenters. The second-order valence-electron chi connectivity index (χ2n) is 4.27. The lowest BCUT2D eigenvalue weighted by atomic mass is 10.2. The predicted octanol–water partition coefficient (Wildman–Crippen LogP) is 2.86. The molecule has 0 bridgehead atoms. The van der Waals surface area contributed by atoms with Crippen molar-refractivity contribution in [1.29, 1.82) is 0 Å². The quantitative estimate of drug-likeness (QED) is 0.710. The number of hydrogen-bond acceptors (Lipinski definition) is 5. The molecule has 1 aromatic carbocycles. The average molecular weight is 263 g/mol. The van der Waals surface area contributed by atoms with Crippen LogP contribution in [0.2, 0.25) is 0 Å². The van der Waals surface area contributed by atoms with Crippen LogP contribution < -0.4 is 11.1 Å². The lowest BCUT2D eigenvalue weighted by Crippen LogP contribution is -1.97. The number of nitrogen functional groups attached to an aromatic ring is 1. The molecule has 0 aliphatic carbocycles. The van der Waals surface area contributed by atoms with E-state index < -0.39 is 0 Å². The smallest absolute Gasteiger partial charge is 0.153 e. The summed E-state index contributed by atoms with van der Waals surface area (Å²) in [5, 5.41) is 11.5. The minimum atomic E-state index is 0.675. The molecule has 2 heterocycles. The second kappa shape index (κ2) is 5.36. The minimum absolute atomic E-state index is 0.675. The number of pyridine rings is 1. The van der Waals surface area contributed by atoms with Crippen molar-refractivity contribution < 1.29 is 0 Å². The molecule has 5 heteroatoms.